The van der Waals surface area contributed by atoms with Crippen LogP contribution >= 0.6 is 0 Å². The zero-order valence-electron chi connectivity index (χ0n) is 15.7. The molecule has 1 atom stereocenters. The van der Waals surface area contributed by atoms with Gasteiger partial charge < -0.3 is 19.4 Å². The maximum atomic E-state index is 13.1. The first-order valence-corrected chi connectivity index (χ1v) is 9.90. The topological polar surface area (TPSA) is 67.5 Å². The van der Waals surface area contributed by atoms with Crippen molar-refractivity contribution in [2.45, 2.75) is 31.7 Å². The number of likely N-dealkylation sites (tertiary alicyclic amines) is 1. The largest absolute Gasteiger partial charge is 0.490 e. The molecule has 6 heteroatoms. The van der Waals surface area contributed by atoms with Gasteiger partial charge in [-0.3, -0.25) is 4.79 Å². The zero-order valence-corrected chi connectivity index (χ0v) is 15.7. The second kappa shape index (κ2) is 7.19. The summed E-state index contributed by atoms with van der Waals surface area (Å²) in [5.74, 6) is 2.50. The second-order valence-electron chi connectivity index (χ2n) is 7.39. The summed E-state index contributed by atoms with van der Waals surface area (Å²) in [5, 5.41) is 0. The zero-order chi connectivity index (χ0) is 18.9. The molecule has 1 saturated heterocycles. The van der Waals surface area contributed by atoms with Gasteiger partial charge in [0.1, 0.15) is 5.82 Å². The van der Waals surface area contributed by atoms with Gasteiger partial charge >= 0.3 is 0 Å². The third kappa shape index (κ3) is 3.19. The van der Waals surface area contributed by atoms with Gasteiger partial charge in [-0.15, -0.1) is 0 Å². The van der Waals surface area contributed by atoms with E-state index in [0.29, 0.717) is 19.6 Å². The molecular formula is C22H23N3O3. The number of aromatic nitrogens is 2. The highest BCUT2D eigenvalue weighted by Gasteiger charge is 2.32. The molecule has 0 aliphatic carbocycles. The first kappa shape index (κ1) is 17.1. The monoisotopic (exact) mass is 377 g/mol. The Labute approximate surface area is 163 Å². The predicted molar refractivity (Wildman–Crippen MR) is 106 cm³/mol. The van der Waals surface area contributed by atoms with Crippen LogP contribution in [-0.4, -0.2) is 40.5 Å². The Hall–Kier alpha value is -3.02. The number of H-pyrrole nitrogens is 1. The van der Waals surface area contributed by atoms with Gasteiger partial charge in [-0.1, -0.05) is 18.2 Å². The Morgan fingerprint density at radius 1 is 1.11 bits per heavy atom. The van der Waals surface area contributed by atoms with E-state index in [0.717, 1.165) is 59.7 Å². The molecule has 2 aliphatic heterocycles. The van der Waals surface area contributed by atoms with Crippen LogP contribution in [0.15, 0.2) is 42.5 Å². The lowest BCUT2D eigenvalue weighted by Crippen LogP contribution is -2.32. The smallest absolute Gasteiger partial charge is 0.227 e. The molecule has 0 bridgehead atoms. The normalized spacial score (nSPS) is 19.0. The number of aromatic amines is 1. The van der Waals surface area contributed by atoms with Gasteiger partial charge in [-0.2, -0.15) is 0 Å². The molecule has 0 spiro atoms. The Kier molecular flexibility index (Phi) is 4.39. The fraction of sp³-hybridized carbons (Fsp3) is 0.364. The Balaban J connectivity index is 1.35. The van der Waals surface area contributed by atoms with Crippen LogP contribution in [-0.2, 0) is 11.2 Å². The number of rotatable bonds is 3. The number of fused-ring (bicyclic) bond motifs is 2. The molecular weight excluding hydrogens is 354 g/mol. The Bertz CT molecular complexity index is 980. The lowest BCUT2D eigenvalue weighted by atomic mass is 10.1. The summed E-state index contributed by atoms with van der Waals surface area (Å²) in [6.07, 6.45) is 3.16. The summed E-state index contributed by atoms with van der Waals surface area (Å²) in [6, 6.07) is 13.8. The molecule has 1 N–H and O–H groups in total. The van der Waals surface area contributed by atoms with Crippen molar-refractivity contribution in [1.29, 1.82) is 0 Å². The maximum absolute atomic E-state index is 13.1. The van der Waals surface area contributed by atoms with E-state index in [1.165, 1.54) is 0 Å². The van der Waals surface area contributed by atoms with Crippen molar-refractivity contribution in [3.05, 3.63) is 53.9 Å². The highest BCUT2D eigenvalue weighted by Crippen LogP contribution is 2.33. The first-order valence-electron chi connectivity index (χ1n) is 9.90. The van der Waals surface area contributed by atoms with Gasteiger partial charge in [-0.05, 0) is 42.7 Å². The van der Waals surface area contributed by atoms with Crippen molar-refractivity contribution in [1.82, 2.24) is 14.9 Å². The van der Waals surface area contributed by atoms with Crippen LogP contribution in [0.3, 0.4) is 0 Å². The van der Waals surface area contributed by atoms with E-state index in [-0.39, 0.29) is 11.9 Å². The molecule has 1 aromatic heterocycles. The van der Waals surface area contributed by atoms with Crippen LogP contribution in [0.25, 0.3) is 11.0 Å². The minimum absolute atomic E-state index is 0.0142. The lowest BCUT2D eigenvalue weighted by molar-refractivity contribution is -0.131. The number of nitrogens with one attached hydrogen (secondary N) is 1. The minimum atomic E-state index is 0.0142. The average Bonchev–Trinajstić information content (AvgIpc) is 3.29. The summed E-state index contributed by atoms with van der Waals surface area (Å²) in [6.45, 7) is 2.08. The van der Waals surface area contributed by atoms with E-state index in [2.05, 4.69) is 4.98 Å². The number of ether oxygens (including phenoxy) is 2. The van der Waals surface area contributed by atoms with Crippen LogP contribution in [0, 0.1) is 0 Å². The summed E-state index contributed by atoms with van der Waals surface area (Å²) in [4.78, 5) is 23.1. The van der Waals surface area contributed by atoms with Crippen LogP contribution in [0.1, 0.15) is 36.7 Å². The van der Waals surface area contributed by atoms with E-state index in [4.69, 9.17) is 14.5 Å². The molecule has 1 amide bonds. The van der Waals surface area contributed by atoms with Crippen LogP contribution in [0.4, 0.5) is 0 Å². The number of carbonyl (C=O) groups is 1. The van der Waals surface area contributed by atoms with E-state index < -0.39 is 0 Å². The summed E-state index contributed by atoms with van der Waals surface area (Å²) in [5.41, 5.74) is 2.91. The molecule has 1 fully saturated rings. The fourth-order valence-electron chi connectivity index (χ4n) is 4.07. The van der Waals surface area contributed by atoms with Gasteiger partial charge in [0.05, 0.1) is 36.7 Å². The van der Waals surface area contributed by atoms with Crippen LogP contribution < -0.4 is 9.47 Å². The summed E-state index contributed by atoms with van der Waals surface area (Å²) >= 11 is 0. The maximum Gasteiger partial charge on any atom is 0.227 e. The second-order valence-corrected chi connectivity index (χ2v) is 7.39. The molecule has 28 heavy (non-hydrogen) atoms. The third-order valence-electron chi connectivity index (χ3n) is 5.46. The van der Waals surface area contributed by atoms with Crippen molar-refractivity contribution in [2.24, 2.45) is 0 Å². The molecule has 5 rings (SSSR count). The molecule has 144 valence electrons. The minimum Gasteiger partial charge on any atom is -0.490 e. The predicted octanol–water partition coefficient (Wildman–Crippen LogP) is 3.63. The quantitative estimate of drug-likeness (QED) is 0.757. The molecule has 2 aliphatic rings. The van der Waals surface area contributed by atoms with Crippen molar-refractivity contribution < 1.29 is 14.3 Å². The van der Waals surface area contributed by atoms with Gasteiger partial charge in [0.2, 0.25) is 5.91 Å². The van der Waals surface area contributed by atoms with Gasteiger partial charge in [-0.25, -0.2) is 4.98 Å². The molecule has 0 saturated carbocycles. The number of hydrogen-bond acceptors (Lipinski definition) is 4. The fourth-order valence-corrected chi connectivity index (χ4v) is 4.07. The van der Waals surface area contributed by atoms with Crippen molar-refractivity contribution >= 4 is 16.9 Å². The lowest BCUT2D eigenvalue weighted by Gasteiger charge is -2.23. The van der Waals surface area contributed by atoms with Crippen molar-refractivity contribution in [2.75, 3.05) is 19.8 Å². The number of nitrogens with zero attached hydrogens (tertiary/aromatic N) is 2. The Morgan fingerprint density at radius 2 is 1.96 bits per heavy atom. The summed E-state index contributed by atoms with van der Waals surface area (Å²) in [7, 11) is 0. The molecule has 2 aromatic carbocycles. The Morgan fingerprint density at radius 3 is 2.86 bits per heavy atom. The van der Waals surface area contributed by atoms with Crippen molar-refractivity contribution in [3.63, 3.8) is 0 Å². The van der Waals surface area contributed by atoms with Gasteiger partial charge in [0.25, 0.3) is 0 Å². The van der Waals surface area contributed by atoms with Gasteiger partial charge in [0.15, 0.2) is 11.5 Å². The summed E-state index contributed by atoms with van der Waals surface area (Å²) < 4.78 is 11.4. The van der Waals surface area contributed by atoms with Crippen LogP contribution in [0.5, 0.6) is 11.5 Å². The number of benzene rings is 2. The molecule has 0 radical (unpaired) electrons. The SMILES string of the molecule is O=C(Cc1ccc2c(c1)OCCCO2)N1CCC[C@H]1c1nc2ccccc2[nH]1. The highest BCUT2D eigenvalue weighted by molar-refractivity contribution is 5.80. The van der Waals surface area contributed by atoms with E-state index >= 15 is 0 Å². The first-order chi connectivity index (χ1) is 13.8. The molecule has 6 nitrogen and oxygen atoms in total. The average molecular weight is 377 g/mol. The number of imidazole rings is 1. The van der Waals surface area contributed by atoms with E-state index in [1.54, 1.807) is 0 Å². The van der Waals surface area contributed by atoms with Crippen LogP contribution in [0.2, 0.25) is 0 Å². The number of carbonyl (C=O) groups excluding carboxylic acids is 1. The number of hydrogen-bond donors (Lipinski definition) is 1. The third-order valence-corrected chi connectivity index (χ3v) is 5.46. The van der Waals surface area contributed by atoms with E-state index in [9.17, 15) is 4.79 Å². The van der Waals surface area contributed by atoms with Gasteiger partial charge in [0, 0.05) is 13.0 Å². The standard InChI is InChI=1S/C22H23N3O3/c26-21(14-15-8-9-19-20(13-15)28-12-4-11-27-19)25-10-3-7-18(25)22-23-16-5-1-2-6-17(16)24-22/h1-2,5-6,8-9,13,18H,3-4,7,10-12,14H2,(H,23,24)/t18-/m0/s1. The molecule has 3 heterocycles. The highest BCUT2D eigenvalue weighted by atomic mass is 16.5. The molecule has 3 aromatic rings. The van der Waals surface area contributed by atoms with E-state index in [1.807, 2.05) is 47.4 Å². The van der Waals surface area contributed by atoms with Crippen molar-refractivity contribution in [3.8, 4) is 11.5 Å². The number of amides is 1. The number of para-hydroxylation sites is 2. The molecule has 0 unspecified atom stereocenters.